The molecule has 2 aromatic carbocycles. The third-order valence-corrected chi connectivity index (χ3v) is 5.75. The second-order valence-corrected chi connectivity index (χ2v) is 7.69. The number of phenols is 1. The number of aromatic hydroxyl groups is 1. The second kappa shape index (κ2) is 7.68. The maximum atomic E-state index is 13.1. The van der Waals surface area contributed by atoms with E-state index in [1.54, 1.807) is 41.7 Å². The average Bonchev–Trinajstić information content (AvgIpc) is 3.51. The summed E-state index contributed by atoms with van der Waals surface area (Å²) in [7, 11) is 0. The van der Waals surface area contributed by atoms with Crippen molar-refractivity contribution in [2.45, 2.75) is 19.0 Å². The van der Waals surface area contributed by atoms with Crippen LogP contribution in [0.5, 0.6) is 5.75 Å². The first-order valence-electron chi connectivity index (χ1n) is 10.2. The molecule has 0 spiro atoms. The lowest BCUT2D eigenvalue weighted by atomic mass is 9.92. The predicted molar refractivity (Wildman–Crippen MR) is 117 cm³/mol. The largest absolute Gasteiger partial charge is 0.508 e. The molecular formula is C24H22N4O3. The Bertz CT molecular complexity index is 1260. The summed E-state index contributed by atoms with van der Waals surface area (Å²) < 4.78 is 1.97. The average molecular weight is 414 g/mol. The van der Waals surface area contributed by atoms with Gasteiger partial charge in [-0.1, -0.05) is 18.2 Å². The standard InChI is InChI=1S/C24H22N4O3/c29-19-5-2-16(3-6-19)21-22(18-4-7-20-17(14-18)8-9-26-20)28(24(31)23(21)30)12-1-11-27-13-10-25-15-27/h2-10,13-15,22,26,29-30H,1,11-12H2. The van der Waals surface area contributed by atoms with Crippen LogP contribution in [0.25, 0.3) is 16.5 Å². The van der Waals surface area contributed by atoms with Crippen LogP contribution in [-0.2, 0) is 11.3 Å². The van der Waals surface area contributed by atoms with Crippen molar-refractivity contribution < 1.29 is 15.0 Å². The van der Waals surface area contributed by atoms with Gasteiger partial charge in [-0.25, -0.2) is 4.98 Å². The van der Waals surface area contributed by atoms with Gasteiger partial charge in [-0.3, -0.25) is 4.79 Å². The lowest BCUT2D eigenvalue weighted by Gasteiger charge is -2.27. The molecule has 1 aliphatic heterocycles. The van der Waals surface area contributed by atoms with E-state index in [1.807, 2.05) is 41.2 Å². The molecule has 0 aliphatic carbocycles. The minimum Gasteiger partial charge on any atom is -0.508 e. The number of imidazole rings is 1. The van der Waals surface area contributed by atoms with Gasteiger partial charge in [0.2, 0.25) is 0 Å². The fraction of sp³-hybridized carbons (Fsp3) is 0.167. The highest BCUT2D eigenvalue weighted by molar-refractivity contribution is 6.05. The zero-order valence-electron chi connectivity index (χ0n) is 16.8. The molecule has 7 nitrogen and oxygen atoms in total. The fourth-order valence-corrected chi connectivity index (χ4v) is 4.25. The Labute approximate surface area is 178 Å². The maximum absolute atomic E-state index is 13.1. The Hall–Kier alpha value is -4.00. The number of hydrogen-bond donors (Lipinski definition) is 3. The van der Waals surface area contributed by atoms with Crippen molar-refractivity contribution in [2.24, 2.45) is 0 Å². The van der Waals surface area contributed by atoms with Gasteiger partial charge < -0.3 is 24.7 Å². The van der Waals surface area contributed by atoms with E-state index >= 15 is 0 Å². The summed E-state index contributed by atoms with van der Waals surface area (Å²) >= 11 is 0. The first kappa shape index (κ1) is 19.0. The molecule has 3 N–H and O–H groups in total. The number of aliphatic hydroxyl groups excluding tert-OH is 1. The quantitative estimate of drug-likeness (QED) is 0.444. The van der Waals surface area contributed by atoms with Crippen LogP contribution in [0.1, 0.15) is 23.6 Å². The van der Waals surface area contributed by atoms with Crippen molar-refractivity contribution in [2.75, 3.05) is 6.54 Å². The van der Waals surface area contributed by atoms with E-state index in [0.29, 0.717) is 17.7 Å². The van der Waals surface area contributed by atoms with Crippen LogP contribution in [0.4, 0.5) is 0 Å². The molecule has 0 radical (unpaired) electrons. The van der Waals surface area contributed by atoms with E-state index in [1.165, 1.54) is 0 Å². The number of nitrogens with one attached hydrogen (secondary N) is 1. The summed E-state index contributed by atoms with van der Waals surface area (Å²) in [5.41, 5.74) is 3.21. The summed E-state index contributed by atoms with van der Waals surface area (Å²) in [4.78, 5) is 22.1. The van der Waals surface area contributed by atoms with E-state index < -0.39 is 6.04 Å². The molecule has 0 saturated heterocycles. The molecule has 7 heteroatoms. The highest BCUT2D eigenvalue weighted by atomic mass is 16.3. The van der Waals surface area contributed by atoms with Crippen LogP contribution in [0.15, 0.2) is 79.2 Å². The maximum Gasteiger partial charge on any atom is 0.289 e. The van der Waals surface area contributed by atoms with Crippen LogP contribution in [-0.4, -0.2) is 42.1 Å². The second-order valence-electron chi connectivity index (χ2n) is 7.69. The van der Waals surface area contributed by atoms with E-state index in [2.05, 4.69) is 9.97 Å². The number of phenolic OH excluding ortho intramolecular Hbond substituents is 1. The molecule has 1 amide bonds. The number of hydrogen-bond acceptors (Lipinski definition) is 4. The molecule has 0 fully saturated rings. The first-order valence-corrected chi connectivity index (χ1v) is 10.2. The molecule has 156 valence electrons. The molecule has 0 bridgehead atoms. The van der Waals surface area contributed by atoms with Crippen LogP contribution in [0, 0.1) is 0 Å². The van der Waals surface area contributed by atoms with Gasteiger partial charge in [-0.05, 0) is 53.3 Å². The van der Waals surface area contributed by atoms with E-state index in [0.717, 1.165) is 29.4 Å². The van der Waals surface area contributed by atoms with Gasteiger partial charge in [0.15, 0.2) is 5.76 Å². The van der Waals surface area contributed by atoms with Gasteiger partial charge in [-0.2, -0.15) is 0 Å². The molecular weight excluding hydrogens is 392 g/mol. The first-order chi connectivity index (χ1) is 15.1. The van der Waals surface area contributed by atoms with E-state index in [4.69, 9.17) is 0 Å². The summed E-state index contributed by atoms with van der Waals surface area (Å²) in [6.07, 6.45) is 7.97. The third kappa shape index (κ3) is 3.44. The molecule has 4 aromatic rings. The number of carbonyl (C=O) groups is 1. The third-order valence-electron chi connectivity index (χ3n) is 5.75. The number of benzene rings is 2. The highest BCUT2D eigenvalue weighted by Crippen LogP contribution is 2.43. The number of aromatic nitrogens is 3. The molecule has 3 heterocycles. The number of aliphatic hydroxyl groups is 1. The van der Waals surface area contributed by atoms with Crippen LogP contribution in [0.3, 0.4) is 0 Å². The molecule has 1 atom stereocenters. The lowest BCUT2D eigenvalue weighted by molar-refractivity contribution is -0.129. The van der Waals surface area contributed by atoms with Gasteiger partial charge in [0, 0.05) is 42.8 Å². The van der Waals surface area contributed by atoms with Crippen molar-refractivity contribution >= 4 is 22.4 Å². The normalized spacial score (nSPS) is 16.6. The van der Waals surface area contributed by atoms with Gasteiger partial charge in [0.25, 0.3) is 5.91 Å². The zero-order chi connectivity index (χ0) is 21.4. The lowest BCUT2D eigenvalue weighted by Crippen LogP contribution is -2.31. The topological polar surface area (TPSA) is 94.4 Å². The minimum atomic E-state index is -0.417. The SMILES string of the molecule is O=C1C(O)=C(c2ccc(O)cc2)C(c2ccc3[nH]ccc3c2)N1CCCn1ccnc1. The number of H-pyrrole nitrogens is 1. The minimum absolute atomic E-state index is 0.135. The van der Waals surface area contributed by atoms with Crippen LogP contribution >= 0.6 is 0 Å². The summed E-state index contributed by atoms with van der Waals surface area (Å²) in [5, 5.41) is 21.6. The van der Waals surface area contributed by atoms with Crippen LogP contribution in [0.2, 0.25) is 0 Å². The Morgan fingerprint density at radius 2 is 1.87 bits per heavy atom. The molecule has 2 aromatic heterocycles. The van der Waals surface area contributed by atoms with Crippen molar-refractivity contribution in [3.05, 3.63) is 90.3 Å². The number of carbonyl (C=O) groups excluding carboxylic acids is 1. The van der Waals surface area contributed by atoms with Crippen molar-refractivity contribution in [1.29, 1.82) is 0 Å². The Balaban J connectivity index is 1.53. The highest BCUT2D eigenvalue weighted by Gasteiger charge is 2.40. The van der Waals surface area contributed by atoms with Crippen molar-refractivity contribution in [3.63, 3.8) is 0 Å². The molecule has 5 rings (SSSR count). The van der Waals surface area contributed by atoms with Gasteiger partial charge in [0.05, 0.1) is 12.4 Å². The summed E-state index contributed by atoms with van der Waals surface area (Å²) in [6.45, 7) is 1.21. The fourth-order valence-electron chi connectivity index (χ4n) is 4.25. The monoisotopic (exact) mass is 414 g/mol. The Kier molecular flexibility index (Phi) is 4.71. The van der Waals surface area contributed by atoms with Gasteiger partial charge in [0.1, 0.15) is 5.75 Å². The number of aryl methyl sites for hydroxylation is 1. The molecule has 0 saturated carbocycles. The molecule has 1 unspecified atom stereocenters. The van der Waals surface area contributed by atoms with E-state index in [9.17, 15) is 15.0 Å². The smallest absolute Gasteiger partial charge is 0.289 e. The Morgan fingerprint density at radius 3 is 2.65 bits per heavy atom. The summed E-state index contributed by atoms with van der Waals surface area (Å²) in [5.74, 6) is -0.490. The molecule has 31 heavy (non-hydrogen) atoms. The number of nitrogens with zero attached hydrogens (tertiary/aromatic N) is 3. The van der Waals surface area contributed by atoms with Crippen LogP contribution < -0.4 is 0 Å². The predicted octanol–water partition coefficient (Wildman–Crippen LogP) is 4.01. The Morgan fingerprint density at radius 1 is 1.03 bits per heavy atom. The van der Waals surface area contributed by atoms with Gasteiger partial charge >= 0.3 is 0 Å². The van der Waals surface area contributed by atoms with E-state index in [-0.39, 0.29) is 17.4 Å². The van der Waals surface area contributed by atoms with Gasteiger partial charge in [-0.15, -0.1) is 0 Å². The number of rotatable bonds is 6. The zero-order valence-corrected chi connectivity index (χ0v) is 16.8. The van der Waals surface area contributed by atoms with Crippen molar-refractivity contribution in [3.8, 4) is 5.75 Å². The number of amides is 1. The number of aromatic amines is 1. The number of fused-ring (bicyclic) bond motifs is 1. The van der Waals surface area contributed by atoms with Crippen molar-refractivity contribution in [1.82, 2.24) is 19.4 Å². The molecule has 1 aliphatic rings. The summed E-state index contributed by atoms with van der Waals surface area (Å²) in [6, 6.07) is 14.2.